The highest BCUT2D eigenvalue weighted by Gasteiger charge is 2.22. The lowest BCUT2D eigenvalue weighted by molar-refractivity contribution is -0.119. The van der Waals surface area contributed by atoms with E-state index in [0.717, 1.165) is 5.39 Å². The molecular formula is C21H21N5O2. The second-order valence-corrected chi connectivity index (χ2v) is 6.58. The lowest BCUT2D eigenvalue weighted by Gasteiger charge is -2.22. The first-order valence-corrected chi connectivity index (χ1v) is 8.87. The molecule has 0 spiro atoms. The number of hydrogen-bond donors (Lipinski definition) is 1. The summed E-state index contributed by atoms with van der Waals surface area (Å²) in [6.07, 6.45) is 8.66. The van der Waals surface area contributed by atoms with Gasteiger partial charge >= 0.3 is 0 Å². The number of hydrogen-bond acceptors (Lipinski definition) is 4. The third kappa shape index (κ3) is 3.71. The van der Waals surface area contributed by atoms with Crippen molar-refractivity contribution in [2.45, 2.75) is 19.9 Å². The molecule has 0 aliphatic heterocycles. The van der Waals surface area contributed by atoms with Crippen LogP contribution in [0.25, 0.3) is 11.0 Å². The van der Waals surface area contributed by atoms with Gasteiger partial charge in [-0.25, -0.2) is 9.67 Å². The van der Waals surface area contributed by atoms with Crippen LogP contribution in [0.4, 0.5) is 5.69 Å². The van der Waals surface area contributed by atoms with Gasteiger partial charge in [-0.15, -0.1) is 6.42 Å². The van der Waals surface area contributed by atoms with Crippen LogP contribution in [0.5, 0.6) is 0 Å². The van der Waals surface area contributed by atoms with Gasteiger partial charge in [0, 0.05) is 35.9 Å². The third-order valence-electron chi connectivity index (χ3n) is 4.32. The minimum atomic E-state index is -0.343. The van der Waals surface area contributed by atoms with E-state index < -0.39 is 0 Å². The number of fused-ring (bicyclic) bond motifs is 1. The van der Waals surface area contributed by atoms with Crippen molar-refractivity contribution < 1.29 is 9.59 Å². The van der Waals surface area contributed by atoms with Crippen LogP contribution in [0.3, 0.4) is 0 Å². The predicted octanol–water partition coefficient (Wildman–Crippen LogP) is 2.39. The van der Waals surface area contributed by atoms with Crippen molar-refractivity contribution >= 4 is 28.5 Å². The van der Waals surface area contributed by atoms with Gasteiger partial charge in [0.2, 0.25) is 5.91 Å². The van der Waals surface area contributed by atoms with Crippen molar-refractivity contribution in [3.05, 3.63) is 53.9 Å². The van der Waals surface area contributed by atoms with E-state index in [0.29, 0.717) is 22.5 Å². The number of carbonyl (C=O) groups is 2. The molecule has 1 N–H and O–H groups in total. The summed E-state index contributed by atoms with van der Waals surface area (Å²) in [5.74, 6) is 1.91. The highest BCUT2D eigenvalue weighted by molar-refractivity contribution is 6.09. The van der Waals surface area contributed by atoms with Crippen molar-refractivity contribution in [1.29, 1.82) is 0 Å². The van der Waals surface area contributed by atoms with Crippen LogP contribution in [0, 0.1) is 12.3 Å². The van der Waals surface area contributed by atoms with Gasteiger partial charge in [0.15, 0.2) is 5.65 Å². The molecule has 2 amide bonds. The zero-order valence-corrected chi connectivity index (χ0v) is 16.0. The molecule has 0 bridgehead atoms. The molecule has 7 heteroatoms. The molecule has 7 nitrogen and oxygen atoms in total. The normalized spacial score (nSPS) is 10.7. The third-order valence-corrected chi connectivity index (χ3v) is 4.32. The number of pyridine rings is 1. The summed E-state index contributed by atoms with van der Waals surface area (Å²) >= 11 is 0. The second-order valence-electron chi connectivity index (χ2n) is 6.58. The zero-order chi connectivity index (χ0) is 20.3. The van der Waals surface area contributed by atoms with Gasteiger partial charge in [0.1, 0.15) is 6.54 Å². The molecule has 0 saturated carbocycles. The molecule has 0 saturated heterocycles. The van der Waals surface area contributed by atoms with E-state index in [9.17, 15) is 9.59 Å². The van der Waals surface area contributed by atoms with Crippen LogP contribution in [0.2, 0.25) is 0 Å². The molecule has 2 aromatic heterocycles. The van der Waals surface area contributed by atoms with Gasteiger partial charge in [-0.1, -0.05) is 12.0 Å². The van der Waals surface area contributed by atoms with Gasteiger partial charge < -0.3 is 5.32 Å². The van der Waals surface area contributed by atoms with Crippen LogP contribution < -0.4 is 10.2 Å². The maximum absolute atomic E-state index is 13.2. The Morgan fingerprint density at radius 1 is 1.29 bits per heavy atom. The minimum Gasteiger partial charge on any atom is -0.358 e. The Morgan fingerprint density at radius 3 is 2.75 bits per heavy atom. The van der Waals surface area contributed by atoms with E-state index in [-0.39, 0.29) is 24.4 Å². The molecule has 3 aromatic rings. The minimum absolute atomic E-state index is 0.132. The summed E-state index contributed by atoms with van der Waals surface area (Å²) in [7, 11) is 1.52. The molecule has 142 valence electrons. The number of aromatic nitrogens is 3. The zero-order valence-electron chi connectivity index (χ0n) is 16.0. The van der Waals surface area contributed by atoms with Crippen molar-refractivity contribution in [2.24, 2.45) is 0 Å². The average molecular weight is 375 g/mol. The summed E-state index contributed by atoms with van der Waals surface area (Å²) in [4.78, 5) is 31.0. The number of likely N-dealkylation sites (N-methyl/N-ethyl adjacent to an activating group) is 1. The maximum Gasteiger partial charge on any atom is 0.260 e. The van der Waals surface area contributed by atoms with Crippen molar-refractivity contribution in [1.82, 2.24) is 20.1 Å². The highest BCUT2D eigenvalue weighted by atomic mass is 16.2. The summed E-state index contributed by atoms with van der Waals surface area (Å²) in [6.45, 7) is 3.89. The Morgan fingerprint density at radius 2 is 2.07 bits per heavy atom. The van der Waals surface area contributed by atoms with Gasteiger partial charge in [-0.2, -0.15) is 5.10 Å². The van der Waals surface area contributed by atoms with Gasteiger partial charge in [0.05, 0.1) is 11.8 Å². The van der Waals surface area contributed by atoms with Crippen molar-refractivity contribution in [2.75, 3.05) is 18.5 Å². The first kappa shape index (κ1) is 19.1. The number of carbonyl (C=O) groups excluding carboxylic acids is 2. The summed E-state index contributed by atoms with van der Waals surface area (Å²) in [5.41, 5.74) is 2.24. The first-order chi connectivity index (χ1) is 13.4. The molecule has 0 atom stereocenters. The van der Waals surface area contributed by atoms with Crippen LogP contribution in [0.15, 0.2) is 42.7 Å². The lowest BCUT2D eigenvalue weighted by Crippen LogP contribution is -2.39. The number of nitrogens with one attached hydrogen (secondary N) is 1. The molecule has 0 fully saturated rings. The van der Waals surface area contributed by atoms with Gasteiger partial charge in [0.25, 0.3) is 5.91 Å². The van der Waals surface area contributed by atoms with Crippen LogP contribution in [-0.4, -0.2) is 40.2 Å². The number of rotatable bonds is 5. The molecule has 0 unspecified atom stereocenters. The monoisotopic (exact) mass is 375 g/mol. The average Bonchev–Trinajstić information content (AvgIpc) is 3.14. The van der Waals surface area contributed by atoms with Crippen LogP contribution in [-0.2, 0) is 4.79 Å². The fourth-order valence-corrected chi connectivity index (χ4v) is 2.86. The molecular weight excluding hydrogens is 354 g/mol. The van der Waals surface area contributed by atoms with E-state index in [1.54, 1.807) is 41.2 Å². The summed E-state index contributed by atoms with van der Waals surface area (Å²) in [6, 6.07) is 8.85. The molecule has 0 radical (unpaired) electrons. The molecule has 3 rings (SSSR count). The Labute approximate surface area is 163 Å². The highest BCUT2D eigenvalue weighted by Crippen LogP contribution is 2.21. The number of benzene rings is 1. The van der Waals surface area contributed by atoms with Gasteiger partial charge in [-0.05, 0) is 38.1 Å². The Balaban J connectivity index is 2.02. The molecule has 2 heterocycles. The SMILES string of the molecule is C#Cc1cccc(N(CC(=O)NC)C(=O)c2cnc3c(cnn3C(C)C)c2)c1. The molecule has 0 aliphatic rings. The smallest absolute Gasteiger partial charge is 0.260 e. The van der Waals surface area contributed by atoms with Crippen molar-refractivity contribution in [3.63, 3.8) is 0 Å². The number of amides is 2. The summed E-state index contributed by atoms with van der Waals surface area (Å²) in [5, 5.41) is 7.63. The Kier molecular flexibility index (Phi) is 5.41. The number of nitrogens with zero attached hydrogens (tertiary/aromatic N) is 4. The lowest BCUT2D eigenvalue weighted by atomic mass is 10.1. The first-order valence-electron chi connectivity index (χ1n) is 8.87. The molecule has 28 heavy (non-hydrogen) atoms. The Bertz CT molecular complexity index is 1080. The standard InChI is InChI=1S/C21H21N5O2/c1-5-15-7-6-8-18(9-15)25(13-19(27)22-4)21(28)17-10-16-12-24-26(14(2)3)20(16)23-11-17/h1,6-12,14H,13H2,2-4H3,(H,22,27). The second kappa shape index (κ2) is 7.92. The Hall–Kier alpha value is -3.66. The van der Waals surface area contributed by atoms with E-state index in [1.165, 1.54) is 18.1 Å². The van der Waals surface area contributed by atoms with E-state index >= 15 is 0 Å². The number of anilines is 1. The van der Waals surface area contributed by atoms with Crippen LogP contribution in [0.1, 0.15) is 35.8 Å². The van der Waals surface area contributed by atoms with Crippen LogP contribution >= 0.6 is 0 Å². The quantitative estimate of drug-likeness (QED) is 0.695. The molecule has 1 aromatic carbocycles. The largest absolute Gasteiger partial charge is 0.358 e. The number of terminal acetylenes is 1. The van der Waals surface area contributed by atoms with E-state index in [2.05, 4.69) is 21.3 Å². The van der Waals surface area contributed by atoms with E-state index in [1.807, 2.05) is 13.8 Å². The topological polar surface area (TPSA) is 80.1 Å². The maximum atomic E-state index is 13.2. The van der Waals surface area contributed by atoms with Gasteiger partial charge in [-0.3, -0.25) is 14.5 Å². The fourth-order valence-electron chi connectivity index (χ4n) is 2.86. The predicted molar refractivity (Wildman–Crippen MR) is 108 cm³/mol. The van der Waals surface area contributed by atoms with E-state index in [4.69, 9.17) is 6.42 Å². The molecule has 0 aliphatic carbocycles. The fraction of sp³-hybridized carbons (Fsp3) is 0.238. The summed E-state index contributed by atoms with van der Waals surface area (Å²) < 4.78 is 1.79. The van der Waals surface area contributed by atoms with Crippen molar-refractivity contribution in [3.8, 4) is 12.3 Å².